The number of halogens is 3. The molecule has 6 atom stereocenters. The molecule has 2 aliphatic carbocycles. The molecule has 0 unspecified atom stereocenters. The number of ether oxygens (including phenoxy) is 1. The predicted molar refractivity (Wildman–Crippen MR) is 195 cm³/mol. The van der Waals surface area contributed by atoms with E-state index in [2.05, 4.69) is 5.43 Å². The molecule has 2 aliphatic heterocycles. The van der Waals surface area contributed by atoms with E-state index in [0.717, 1.165) is 10.6 Å². The number of amides is 4. The molecule has 0 aromatic heterocycles. The Bertz CT molecular complexity index is 2150. The quantitative estimate of drug-likeness (QED) is 0.123. The number of nitrogens with zero attached hydrogens (tertiary/aromatic N) is 2. The van der Waals surface area contributed by atoms with Crippen molar-refractivity contribution in [3.05, 3.63) is 128 Å². The topological polar surface area (TPSA) is 116 Å². The van der Waals surface area contributed by atoms with E-state index >= 15 is 4.79 Å². The van der Waals surface area contributed by atoms with Crippen molar-refractivity contribution in [2.45, 2.75) is 24.2 Å². The van der Waals surface area contributed by atoms with Crippen molar-refractivity contribution in [1.29, 1.82) is 0 Å². The zero-order chi connectivity index (χ0) is 35.8. The van der Waals surface area contributed by atoms with Gasteiger partial charge in [0.05, 0.1) is 45.2 Å². The first-order valence-electron chi connectivity index (χ1n) is 16.4. The maximum absolute atomic E-state index is 15.3. The summed E-state index contributed by atoms with van der Waals surface area (Å²) in [5, 5.41) is 12.3. The largest absolute Gasteiger partial charge is 0.504 e. The number of methoxy groups -OCH3 is 1. The predicted octanol–water partition coefficient (Wildman–Crippen LogP) is 6.99. The SMILES string of the molecule is COc1cc([C@H]2C3=CC[C@@H]4C(=O)N(c5ccccc5)C(=O)[C@@H]4[C@@H]3C[C@H]3C(=O)N(Nc4ccc(F)cc4)C(=O)[C@@]23c2ccc(Cl)cc2)cc(I)c1O. The van der Waals surface area contributed by atoms with Crippen LogP contribution >= 0.6 is 34.2 Å². The van der Waals surface area contributed by atoms with E-state index in [4.69, 9.17) is 16.3 Å². The maximum Gasteiger partial charge on any atom is 0.260 e. The van der Waals surface area contributed by atoms with Gasteiger partial charge in [0.25, 0.3) is 11.8 Å². The summed E-state index contributed by atoms with van der Waals surface area (Å²) < 4.78 is 19.9. The van der Waals surface area contributed by atoms with Gasteiger partial charge in [-0.1, -0.05) is 53.6 Å². The first-order chi connectivity index (χ1) is 24.6. The number of imide groups is 2. The van der Waals surface area contributed by atoms with Crippen molar-refractivity contribution >= 4 is 69.2 Å². The van der Waals surface area contributed by atoms with Gasteiger partial charge in [-0.05, 0) is 113 Å². The Balaban J connectivity index is 1.35. The number of anilines is 2. The average molecular weight is 818 g/mol. The molecule has 2 heterocycles. The smallest absolute Gasteiger partial charge is 0.260 e. The van der Waals surface area contributed by atoms with E-state index in [1.807, 2.05) is 34.7 Å². The van der Waals surface area contributed by atoms with Crippen LogP contribution in [0, 0.1) is 33.1 Å². The molecule has 9 nitrogen and oxygen atoms in total. The summed E-state index contributed by atoms with van der Waals surface area (Å²) in [6, 6.07) is 24.4. The number of hydrogen-bond donors (Lipinski definition) is 2. The van der Waals surface area contributed by atoms with Gasteiger partial charge in [-0.15, -0.1) is 0 Å². The lowest BCUT2D eigenvalue weighted by Gasteiger charge is -2.50. The van der Waals surface area contributed by atoms with Crippen LogP contribution in [0.4, 0.5) is 15.8 Å². The third kappa shape index (κ3) is 4.99. The number of benzene rings is 4. The highest BCUT2D eigenvalue weighted by molar-refractivity contribution is 14.1. The number of nitrogens with one attached hydrogen (secondary N) is 1. The fourth-order valence-electron chi connectivity index (χ4n) is 8.78. The molecule has 8 rings (SSSR count). The normalized spacial score (nSPS) is 26.8. The number of fused-ring (bicyclic) bond motifs is 4. The lowest BCUT2D eigenvalue weighted by Crippen LogP contribution is -2.53. The van der Waals surface area contributed by atoms with Gasteiger partial charge < -0.3 is 9.84 Å². The number of carbonyl (C=O) groups is 4. The molecule has 12 heteroatoms. The van der Waals surface area contributed by atoms with Gasteiger partial charge in [0.2, 0.25) is 11.8 Å². The maximum atomic E-state index is 15.3. The zero-order valence-electron chi connectivity index (χ0n) is 27.1. The van der Waals surface area contributed by atoms with Crippen molar-refractivity contribution in [1.82, 2.24) is 5.01 Å². The number of carbonyl (C=O) groups excluding carboxylic acids is 4. The molecule has 0 bridgehead atoms. The molecule has 2 N–H and O–H groups in total. The second-order valence-electron chi connectivity index (χ2n) is 13.3. The fourth-order valence-corrected chi connectivity index (χ4v) is 9.53. The number of aromatic hydroxyl groups is 1. The Hall–Kier alpha value is -4.75. The van der Waals surface area contributed by atoms with Crippen LogP contribution in [0.5, 0.6) is 11.5 Å². The number of phenolic OH excluding ortho intramolecular Hbond substituents is 1. The van der Waals surface area contributed by atoms with E-state index in [0.29, 0.717) is 31.1 Å². The molecule has 258 valence electrons. The summed E-state index contributed by atoms with van der Waals surface area (Å²) >= 11 is 8.37. The minimum atomic E-state index is -1.56. The first kappa shape index (κ1) is 33.4. The second kappa shape index (κ2) is 12.5. The number of allylic oxidation sites excluding steroid dienone is 2. The van der Waals surface area contributed by atoms with Gasteiger partial charge in [-0.3, -0.25) is 29.5 Å². The highest BCUT2D eigenvalue weighted by Gasteiger charge is 2.70. The van der Waals surface area contributed by atoms with Crippen molar-refractivity contribution < 1.29 is 33.4 Å². The van der Waals surface area contributed by atoms with E-state index in [1.165, 1.54) is 36.3 Å². The lowest BCUT2D eigenvalue weighted by molar-refractivity contribution is -0.138. The summed E-state index contributed by atoms with van der Waals surface area (Å²) in [4.78, 5) is 59.6. The van der Waals surface area contributed by atoms with Gasteiger partial charge in [0.1, 0.15) is 5.82 Å². The molecule has 0 spiro atoms. The first-order valence-corrected chi connectivity index (χ1v) is 17.9. The van der Waals surface area contributed by atoms with Crippen molar-refractivity contribution in [3.63, 3.8) is 0 Å². The number of para-hydroxylation sites is 1. The van der Waals surface area contributed by atoms with E-state index < -0.39 is 52.6 Å². The van der Waals surface area contributed by atoms with E-state index in [1.54, 1.807) is 60.7 Å². The summed E-state index contributed by atoms with van der Waals surface area (Å²) in [6.07, 6.45) is 2.32. The minimum Gasteiger partial charge on any atom is -0.504 e. The third-order valence-electron chi connectivity index (χ3n) is 10.9. The van der Waals surface area contributed by atoms with Gasteiger partial charge in [-0.2, -0.15) is 5.01 Å². The summed E-state index contributed by atoms with van der Waals surface area (Å²) in [5.41, 5.74) is 4.07. The van der Waals surface area contributed by atoms with Crippen LogP contribution in [0.1, 0.15) is 29.9 Å². The van der Waals surface area contributed by atoms with E-state index in [-0.39, 0.29) is 36.2 Å². The van der Waals surface area contributed by atoms with Gasteiger partial charge in [-0.25, -0.2) is 4.39 Å². The Kier molecular flexibility index (Phi) is 8.17. The standard InChI is InChI=1S/C39H30ClFIN3O6/c1-51-31-18-20(17-30(42)34(31)46)33-26-15-16-27-32(37(49)44(35(27)47)25-5-3-2-4-6-25)28(26)19-29-36(48)45(43-24-13-11-23(41)12-14-24)38(50)39(29,33)21-7-9-22(40)10-8-21/h2-15,17-18,27-29,32-33,43,46H,16,19H2,1H3/t27-,28+,29-,32-,33-,39+/m0/s1. The van der Waals surface area contributed by atoms with Crippen LogP contribution in [0.25, 0.3) is 0 Å². The second-order valence-corrected chi connectivity index (χ2v) is 14.9. The van der Waals surface area contributed by atoms with Crippen LogP contribution in [-0.2, 0) is 24.6 Å². The summed E-state index contributed by atoms with van der Waals surface area (Å²) in [5.74, 6) is -5.94. The lowest BCUT2D eigenvalue weighted by atomic mass is 9.49. The monoisotopic (exact) mass is 817 g/mol. The highest BCUT2D eigenvalue weighted by Crippen LogP contribution is 2.64. The van der Waals surface area contributed by atoms with Gasteiger partial charge >= 0.3 is 0 Å². The van der Waals surface area contributed by atoms with Crippen LogP contribution in [-0.4, -0.2) is 40.9 Å². The fraction of sp³-hybridized carbons (Fsp3) is 0.231. The summed E-state index contributed by atoms with van der Waals surface area (Å²) in [7, 11) is 1.43. The summed E-state index contributed by atoms with van der Waals surface area (Å²) in [6.45, 7) is 0. The molecule has 4 amide bonds. The molecule has 4 aromatic rings. The highest BCUT2D eigenvalue weighted by atomic mass is 127. The average Bonchev–Trinajstić information content (AvgIpc) is 3.51. The molecule has 2 saturated heterocycles. The number of hydrogen-bond acceptors (Lipinski definition) is 7. The molecular formula is C39H30ClFIN3O6. The molecule has 4 aromatic carbocycles. The molecule has 1 saturated carbocycles. The Morgan fingerprint density at radius 2 is 1.63 bits per heavy atom. The van der Waals surface area contributed by atoms with E-state index in [9.17, 15) is 23.9 Å². The zero-order valence-corrected chi connectivity index (χ0v) is 30.0. The van der Waals surface area contributed by atoms with Crippen LogP contribution in [0.3, 0.4) is 0 Å². The number of rotatable bonds is 6. The Morgan fingerprint density at radius 1 is 0.922 bits per heavy atom. The minimum absolute atomic E-state index is 0.0764. The van der Waals surface area contributed by atoms with Crippen molar-refractivity contribution in [3.8, 4) is 11.5 Å². The van der Waals surface area contributed by atoms with Gasteiger partial charge in [0.15, 0.2) is 11.5 Å². The van der Waals surface area contributed by atoms with Crippen LogP contribution in [0.2, 0.25) is 5.02 Å². The van der Waals surface area contributed by atoms with Gasteiger partial charge in [0, 0.05) is 10.9 Å². The van der Waals surface area contributed by atoms with Crippen LogP contribution < -0.4 is 15.1 Å². The van der Waals surface area contributed by atoms with Crippen molar-refractivity contribution in [2.24, 2.45) is 23.7 Å². The van der Waals surface area contributed by atoms with Crippen molar-refractivity contribution in [2.75, 3.05) is 17.4 Å². The molecule has 51 heavy (non-hydrogen) atoms. The Morgan fingerprint density at radius 3 is 2.31 bits per heavy atom. The molecule has 0 radical (unpaired) electrons. The third-order valence-corrected chi connectivity index (χ3v) is 11.9. The van der Waals surface area contributed by atoms with Crippen LogP contribution in [0.15, 0.2) is 103 Å². The molecule has 4 aliphatic rings. The number of hydrazine groups is 1. The Labute approximate surface area is 311 Å². The number of phenols is 1. The molecular weight excluding hydrogens is 788 g/mol. The molecule has 3 fully saturated rings.